The number of rotatable bonds is 7. The topological polar surface area (TPSA) is 55.3 Å². The molecular weight excluding hydrogens is 414 g/mol. The van der Waals surface area contributed by atoms with Gasteiger partial charge in [0.05, 0.1) is 30.3 Å². The molecule has 0 aliphatic carbocycles. The SMILES string of the molecule is COc1ccc2nc(N(Cc3cccnc3)C(=O)Cc3ccc(SC)cc3)sc2c1. The highest BCUT2D eigenvalue weighted by molar-refractivity contribution is 7.98. The quantitative estimate of drug-likeness (QED) is 0.374. The van der Waals surface area contributed by atoms with Gasteiger partial charge in [-0.2, -0.15) is 0 Å². The fraction of sp³-hybridized carbons (Fsp3) is 0.174. The van der Waals surface area contributed by atoms with Gasteiger partial charge in [-0.25, -0.2) is 4.98 Å². The van der Waals surface area contributed by atoms with Gasteiger partial charge in [0.15, 0.2) is 5.13 Å². The zero-order valence-corrected chi connectivity index (χ0v) is 18.4. The van der Waals surface area contributed by atoms with Gasteiger partial charge in [-0.1, -0.05) is 29.5 Å². The summed E-state index contributed by atoms with van der Waals surface area (Å²) in [5.41, 5.74) is 2.79. The molecule has 4 rings (SSSR count). The van der Waals surface area contributed by atoms with Crippen LogP contribution in [-0.4, -0.2) is 29.2 Å². The van der Waals surface area contributed by atoms with Crippen molar-refractivity contribution in [2.24, 2.45) is 0 Å². The predicted octanol–water partition coefficient (Wildman–Crippen LogP) is 5.20. The van der Waals surface area contributed by atoms with Gasteiger partial charge in [0.1, 0.15) is 5.75 Å². The molecule has 0 fully saturated rings. The van der Waals surface area contributed by atoms with Crippen LogP contribution >= 0.6 is 23.1 Å². The molecule has 0 saturated carbocycles. The molecule has 0 radical (unpaired) electrons. The number of thiazole rings is 1. The standard InChI is InChI=1S/C23H21N3O2S2/c1-28-18-7-10-20-21(13-18)30-23(25-20)26(15-17-4-3-11-24-14-17)22(27)12-16-5-8-19(29-2)9-6-16/h3-11,13-14H,12,15H2,1-2H3. The number of aromatic nitrogens is 2. The Bertz CT molecular complexity index is 1140. The molecule has 2 aromatic carbocycles. The van der Waals surface area contributed by atoms with Gasteiger partial charge >= 0.3 is 0 Å². The average Bonchev–Trinajstić information content (AvgIpc) is 3.21. The highest BCUT2D eigenvalue weighted by Crippen LogP contribution is 2.32. The Labute approximate surface area is 183 Å². The van der Waals surface area contributed by atoms with Crippen LogP contribution in [0, 0.1) is 0 Å². The van der Waals surface area contributed by atoms with E-state index in [0.29, 0.717) is 18.1 Å². The Hall–Kier alpha value is -2.90. The molecule has 2 aromatic heterocycles. The Kier molecular flexibility index (Phi) is 6.30. The van der Waals surface area contributed by atoms with Crippen molar-refractivity contribution in [2.75, 3.05) is 18.3 Å². The summed E-state index contributed by atoms with van der Waals surface area (Å²) >= 11 is 3.18. The van der Waals surface area contributed by atoms with Crippen LogP contribution in [0.2, 0.25) is 0 Å². The molecule has 0 atom stereocenters. The van der Waals surface area contributed by atoms with Gasteiger partial charge in [-0.3, -0.25) is 14.7 Å². The number of anilines is 1. The Morgan fingerprint density at radius 2 is 1.97 bits per heavy atom. The monoisotopic (exact) mass is 435 g/mol. The number of fused-ring (bicyclic) bond motifs is 1. The maximum Gasteiger partial charge on any atom is 0.233 e. The summed E-state index contributed by atoms with van der Waals surface area (Å²) in [6.45, 7) is 0.423. The van der Waals surface area contributed by atoms with E-state index in [2.05, 4.69) is 4.98 Å². The maximum absolute atomic E-state index is 13.3. The molecule has 1 amide bonds. The van der Waals surface area contributed by atoms with E-state index in [0.717, 1.165) is 27.1 Å². The molecule has 0 N–H and O–H groups in total. The maximum atomic E-state index is 13.3. The van der Waals surface area contributed by atoms with Crippen LogP contribution in [0.3, 0.4) is 0 Å². The Morgan fingerprint density at radius 3 is 2.67 bits per heavy atom. The summed E-state index contributed by atoms with van der Waals surface area (Å²) in [5, 5.41) is 0.674. The van der Waals surface area contributed by atoms with Gasteiger partial charge in [-0.05, 0) is 53.8 Å². The number of ether oxygens (including phenoxy) is 1. The van der Waals surface area contributed by atoms with Gasteiger partial charge in [0.2, 0.25) is 5.91 Å². The van der Waals surface area contributed by atoms with Crippen LogP contribution in [0.15, 0.2) is 71.9 Å². The van der Waals surface area contributed by atoms with Gasteiger partial charge in [0, 0.05) is 17.3 Å². The van der Waals surface area contributed by atoms with E-state index < -0.39 is 0 Å². The van der Waals surface area contributed by atoms with Crippen LogP contribution < -0.4 is 9.64 Å². The average molecular weight is 436 g/mol. The second kappa shape index (κ2) is 9.28. The van der Waals surface area contributed by atoms with Gasteiger partial charge in [-0.15, -0.1) is 11.8 Å². The smallest absolute Gasteiger partial charge is 0.233 e. The first-order chi connectivity index (χ1) is 14.7. The van der Waals surface area contributed by atoms with Crippen molar-refractivity contribution in [3.8, 4) is 5.75 Å². The number of carbonyl (C=O) groups is 1. The molecule has 30 heavy (non-hydrogen) atoms. The minimum atomic E-state index is 0.00164. The molecule has 0 spiro atoms. The van der Waals surface area contributed by atoms with Crippen molar-refractivity contribution >= 4 is 44.4 Å². The number of hydrogen-bond acceptors (Lipinski definition) is 6. The van der Waals surface area contributed by atoms with E-state index in [9.17, 15) is 4.79 Å². The summed E-state index contributed by atoms with van der Waals surface area (Å²) in [4.78, 5) is 25.1. The van der Waals surface area contributed by atoms with Crippen molar-refractivity contribution in [3.05, 3.63) is 78.1 Å². The number of thioether (sulfide) groups is 1. The third-order valence-corrected chi connectivity index (χ3v) is 6.48. The molecule has 4 aromatic rings. The van der Waals surface area contributed by atoms with E-state index in [1.165, 1.54) is 16.2 Å². The lowest BCUT2D eigenvalue weighted by molar-refractivity contribution is -0.118. The van der Waals surface area contributed by atoms with E-state index in [4.69, 9.17) is 9.72 Å². The lowest BCUT2D eigenvalue weighted by Crippen LogP contribution is -2.31. The molecule has 152 valence electrons. The second-order valence-corrected chi connectivity index (χ2v) is 8.58. The van der Waals surface area contributed by atoms with Crippen LogP contribution in [0.4, 0.5) is 5.13 Å². The molecule has 0 saturated heterocycles. The summed E-state index contributed by atoms with van der Waals surface area (Å²) in [6.07, 6.45) is 5.86. The van der Waals surface area contributed by atoms with Gasteiger partial charge in [0.25, 0.3) is 0 Å². The molecule has 0 aliphatic heterocycles. The minimum Gasteiger partial charge on any atom is -0.497 e. The number of methoxy groups -OCH3 is 1. The lowest BCUT2D eigenvalue weighted by Gasteiger charge is -2.20. The minimum absolute atomic E-state index is 0.00164. The van der Waals surface area contributed by atoms with E-state index in [1.807, 2.05) is 60.9 Å². The number of benzene rings is 2. The lowest BCUT2D eigenvalue weighted by atomic mass is 10.1. The van der Waals surface area contributed by atoms with E-state index in [-0.39, 0.29) is 5.91 Å². The summed E-state index contributed by atoms with van der Waals surface area (Å²) in [7, 11) is 1.64. The van der Waals surface area contributed by atoms with Crippen LogP contribution in [0.1, 0.15) is 11.1 Å². The molecule has 7 heteroatoms. The molecule has 0 bridgehead atoms. The number of pyridine rings is 1. The van der Waals surface area contributed by atoms with Crippen molar-refractivity contribution in [1.82, 2.24) is 9.97 Å². The van der Waals surface area contributed by atoms with Crippen molar-refractivity contribution < 1.29 is 9.53 Å². The highest BCUT2D eigenvalue weighted by Gasteiger charge is 2.21. The van der Waals surface area contributed by atoms with E-state index in [1.54, 1.807) is 36.2 Å². The normalized spacial score (nSPS) is 10.9. The molecular formula is C23H21N3O2S2. The first-order valence-corrected chi connectivity index (χ1v) is 11.5. The van der Waals surface area contributed by atoms with Crippen molar-refractivity contribution in [2.45, 2.75) is 17.9 Å². The van der Waals surface area contributed by atoms with E-state index >= 15 is 0 Å². The zero-order valence-electron chi connectivity index (χ0n) is 16.7. The summed E-state index contributed by atoms with van der Waals surface area (Å²) in [5.74, 6) is 0.776. The molecule has 0 aliphatic rings. The molecule has 5 nitrogen and oxygen atoms in total. The zero-order chi connectivity index (χ0) is 20.9. The number of nitrogens with zero attached hydrogens (tertiary/aromatic N) is 3. The van der Waals surface area contributed by atoms with Gasteiger partial charge < -0.3 is 4.74 Å². The number of carbonyl (C=O) groups excluding carboxylic acids is 1. The fourth-order valence-corrected chi connectivity index (χ4v) is 4.50. The third-order valence-electron chi connectivity index (χ3n) is 4.69. The Balaban J connectivity index is 1.65. The first kappa shape index (κ1) is 20.4. The summed E-state index contributed by atoms with van der Waals surface area (Å²) in [6, 6.07) is 17.7. The second-order valence-electron chi connectivity index (χ2n) is 6.70. The van der Waals surface area contributed by atoms with Crippen LogP contribution in [0.25, 0.3) is 10.2 Å². The summed E-state index contributed by atoms with van der Waals surface area (Å²) < 4.78 is 6.31. The van der Waals surface area contributed by atoms with Crippen molar-refractivity contribution in [3.63, 3.8) is 0 Å². The highest BCUT2D eigenvalue weighted by atomic mass is 32.2. The largest absolute Gasteiger partial charge is 0.497 e. The molecule has 0 unspecified atom stereocenters. The van der Waals surface area contributed by atoms with Crippen molar-refractivity contribution in [1.29, 1.82) is 0 Å². The predicted molar refractivity (Wildman–Crippen MR) is 124 cm³/mol. The third kappa shape index (κ3) is 4.63. The fourth-order valence-electron chi connectivity index (χ4n) is 3.09. The first-order valence-electron chi connectivity index (χ1n) is 9.43. The van der Waals surface area contributed by atoms with Crippen LogP contribution in [-0.2, 0) is 17.8 Å². The van der Waals surface area contributed by atoms with Crippen LogP contribution in [0.5, 0.6) is 5.75 Å². The number of hydrogen-bond donors (Lipinski definition) is 0. The Morgan fingerprint density at radius 1 is 1.13 bits per heavy atom. The molecule has 2 heterocycles. The number of amides is 1.